The first kappa shape index (κ1) is 20.1. The van der Waals surface area contributed by atoms with Crippen LogP contribution in [0.2, 0.25) is 5.02 Å². The van der Waals surface area contributed by atoms with Crippen molar-refractivity contribution in [1.29, 1.82) is 0 Å². The number of anilines is 1. The predicted octanol–water partition coefficient (Wildman–Crippen LogP) is 3.44. The fourth-order valence-corrected chi connectivity index (χ4v) is 3.31. The molecule has 28 heavy (non-hydrogen) atoms. The Bertz CT molecular complexity index is 874. The van der Waals surface area contributed by atoms with Crippen molar-refractivity contribution in [3.63, 3.8) is 0 Å². The first-order chi connectivity index (χ1) is 13.5. The Morgan fingerprint density at radius 1 is 1.04 bits per heavy atom. The highest BCUT2D eigenvalue weighted by atomic mass is 35.5. The minimum Gasteiger partial charge on any atom is -0.337 e. The summed E-state index contributed by atoms with van der Waals surface area (Å²) in [5.74, 6) is -0.101. The third kappa shape index (κ3) is 5.44. The molecular weight excluding hydrogens is 374 g/mol. The molecule has 1 heterocycles. The minimum atomic E-state index is -0.104. The van der Waals surface area contributed by atoms with Crippen LogP contribution < -0.4 is 5.32 Å². The van der Waals surface area contributed by atoms with E-state index in [1.807, 2.05) is 59.2 Å². The van der Waals surface area contributed by atoms with E-state index >= 15 is 0 Å². The van der Waals surface area contributed by atoms with Crippen LogP contribution in [0.25, 0.3) is 6.08 Å². The van der Waals surface area contributed by atoms with Gasteiger partial charge >= 0.3 is 0 Å². The number of aryl methyl sites for hydroxylation is 1. The van der Waals surface area contributed by atoms with Crippen LogP contribution in [-0.2, 0) is 9.59 Å². The van der Waals surface area contributed by atoms with Gasteiger partial charge in [0.25, 0.3) is 0 Å². The lowest BCUT2D eigenvalue weighted by molar-refractivity contribution is -0.127. The van der Waals surface area contributed by atoms with Crippen molar-refractivity contribution in [1.82, 2.24) is 9.80 Å². The Morgan fingerprint density at radius 2 is 1.71 bits per heavy atom. The average Bonchev–Trinajstić information content (AvgIpc) is 2.69. The number of benzene rings is 2. The summed E-state index contributed by atoms with van der Waals surface area (Å²) in [6, 6.07) is 15.1. The number of halogens is 1. The summed E-state index contributed by atoms with van der Waals surface area (Å²) in [5.41, 5.74) is 2.80. The highest BCUT2D eigenvalue weighted by Crippen LogP contribution is 2.20. The largest absolute Gasteiger partial charge is 0.337 e. The van der Waals surface area contributed by atoms with Crippen LogP contribution in [0.1, 0.15) is 11.1 Å². The summed E-state index contributed by atoms with van der Waals surface area (Å²) in [6.07, 6.45) is 3.49. The van der Waals surface area contributed by atoms with E-state index in [4.69, 9.17) is 11.6 Å². The minimum absolute atomic E-state index is 0.00317. The number of nitrogens with zero attached hydrogens (tertiary/aromatic N) is 2. The number of piperazine rings is 1. The molecule has 1 N–H and O–H groups in total. The molecule has 0 spiro atoms. The van der Waals surface area contributed by atoms with Gasteiger partial charge in [0.15, 0.2) is 0 Å². The number of carbonyl (C=O) groups is 2. The summed E-state index contributed by atoms with van der Waals surface area (Å²) in [4.78, 5) is 28.5. The molecule has 146 valence electrons. The number of nitrogens with one attached hydrogen (secondary N) is 1. The van der Waals surface area contributed by atoms with Gasteiger partial charge < -0.3 is 10.2 Å². The zero-order valence-corrected chi connectivity index (χ0v) is 16.7. The monoisotopic (exact) mass is 397 g/mol. The fourth-order valence-electron chi connectivity index (χ4n) is 3.12. The second-order valence-corrected chi connectivity index (χ2v) is 7.23. The second kappa shape index (κ2) is 9.53. The van der Waals surface area contributed by atoms with Gasteiger partial charge in [-0.1, -0.05) is 48.0 Å². The zero-order chi connectivity index (χ0) is 19.9. The average molecular weight is 398 g/mol. The van der Waals surface area contributed by atoms with Crippen LogP contribution in [0.3, 0.4) is 0 Å². The molecule has 3 rings (SSSR count). The van der Waals surface area contributed by atoms with E-state index in [1.54, 1.807) is 18.2 Å². The van der Waals surface area contributed by atoms with Crippen molar-refractivity contribution in [3.8, 4) is 0 Å². The summed E-state index contributed by atoms with van der Waals surface area (Å²) < 4.78 is 0. The van der Waals surface area contributed by atoms with Crippen molar-refractivity contribution in [3.05, 3.63) is 70.8 Å². The van der Waals surface area contributed by atoms with Gasteiger partial charge in [0, 0.05) is 32.3 Å². The van der Waals surface area contributed by atoms with Crippen LogP contribution in [0.4, 0.5) is 5.69 Å². The molecule has 0 unspecified atom stereocenters. The van der Waals surface area contributed by atoms with Crippen LogP contribution in [0, 0.1) is 6.92 Å². The lowest BCUT2D eigenvalue weighted by Crippen LogP contribution is -2.50. The van der Waals surface area contributed by atoms with Crippen molar-refractivity contribution < 1.29 is 9.59 Å². The maximum Gasteiger partial charge on any atom is 0.246 e. The molecule has 6 heteroatoms. The molecule has 0 aliphatic carbocycles. The molecule has 2 aromatic carbocycles. The lowest BCUT2D eigenvalue weighted by atomic mass is 10.1. The molecule has 0 saturated carbocycles. The third-order valence-electron chi connectivity index (χ3n) is 4.79. The van der Waals surface area contributed by atoms with Gasteiger partial charge in [0.1, 0.15) is 0 Å². The highest BCUT2D eigenvalue weighted by molar-refractivity contribution is 6.33. The summed E-state index contributed by atoms with van der Waals surface area (Å²) in [7, 11) is 0. The number of hydrogen-bond donors (Lipinski definition) is 1. The van der Waals surface area contributed by atoms with E-state index in [2.05, 4.69) is 5.32 Å². The quantitative estimate of drug-likeness (QED) is 0.786. The van der Waals surface area contributed by atoms with Gasteiger partial charge in [-0.25, -0.2) is 0 Å². The van der Waals surface area contributed by atoms with Gasteiger partial charge in [0.2, 0.25) is 11.8 Å². The van der Waals surface area contributed by atoms with Crippen molar-refractivity contribution >= 4 is 35.2 Å². The molecule has 1 saturated heterocycles. The van der Waals surface area contributed by atoms with Crippen LogP contribution >= 0.6 is 11.6 Å². The molecular formula is C22H24ClN3O2. The third-order valence-corrected chi connectivity index (χ3v) is 5.12. The molecule has 5 nitrogen and oxygen atoms in total. The van der Waals surface area contributed by atoms with Gasteiger partial charge in [0.05, 0.1) is 17.3 Å². The topological polar surface area (TPSA) is 52.7 Å². The molecule has 1 aliphatic heterocycles. The van der Waals surface area contributed by atoms with Gasteiger partial charge in [-0.2, -0.15) is 0 Å². The standard InChI is InChI=1S/C22H24ClN3O2/c1-17-6-2-3-7-18(17)10-11-22(28)26-14-12-25(13-15-26)16-21(27)24-20-9-5-4-8-19(20)23/h2-11H,12-16H2,1H3,(H,24,27). The molecule has 1 aliphatic rings. The number of rotatable bonds is 5. The zero-order valence-electron chi connectivity index (χ0n) is 15.9. The van der Waals surface area contributed by atoms with Crippen molar-refractivity contribution in [2.24, 2.45) is 0 Å². The van der Waals surface area contributed by atoms with E-state index in [1.165, 1.54) is 0 Å². The van der Waals surface area contributed by atoms with E-state index in [0.29, 0.717) is 36.9 Å². The first-order valence-electron chi connectivity index (χ1n) is 9.32. The smallest absolute Gasteiger partial charge is 0.246 e. The first-order valence-corrected chi connectivity index (χ1v) is 9.70. The van der Waals surface area contributed by atoms with Crippen LogP contribution in [0.5, 0.6) is 0 Å². The Labute approximate surface area is 170 Å². The van der Waals surface area contributed by atoms with E-state index in [-0.39, 0.29) is 18.4 Å². The molecule has 0 atom stereocenters. The molecule has 0 aromatic heterocycles. The van der Waals surface area contributed by atoms with Crippen molar-refractivity contribution in [2.45, 2.75) is 6.92 Å². The second-order valence-electron chi connectivity index (χ2n) is 6.82. The van der Waals surface area contributed by atoms with E-state index in [0.717, 1.165) is 11.1 Å². The predicted molar refractivity (Wildman–Crippen MR) is 113 cm³/mol. The molecule has 2 aromatic rings. The Kier molecular flexibility index (Phi) is 6.85. The Morgan fingerprint density at radius 3 is 2.43 bits per heavy atom. The normalized spacial score (nSPS) is 15.0. The molecule has 0 bridgehead atoms. The summed E-state index contributed by atoms with van der Waals surface area (Å²) in [5, 5.41) is 3.35. The molecule has 0 radical (unpaired) electrons. The van der Waals surface area contributed by atoms with Crippen LogP contribution in [0.15, 0.2) is 54.6 Å². The maximum absolute atomic E-state index is 12.4. The number of amides is 2. The number of hydrogen-bond acceptors (Lipinski definition) is 3. The highest BCUT2D eigenvalue weighted by Gasteiger charge is 2.21. The van der Waals surface area contributed by atoms with Gasteiger partial charge in [-0.3, -0.25) is 14.5 Å². The van der Waals surface area contributed by atoms with Crippen molar-refractivity contribution in [2.75, 3.05) is 38.0 Å². The molecule has 2 amide bonds. The summed E-state index contributed by atoms with van der Waals surface area (Å²) in [6.45, 7) is 4.86. The SMILES string of the molecule is Cc1ccccc1C=CC(=O)N1CCN(CC(=O)Nc2ccccc2Cl)CC1. The molecule has 1 fully saturated rings. The number of para-hydroxylation sites is 1. The maximum atomic E-state index is 12.4. The number of carbonyl (C=O) groups excluding carboxylic acids is 2. The van der Waals surface area contributed by atoms with E-state index < -0.39 is 0 Å². The summed E-state index contributed by atoms with van der Waals surface area (Å²) >= 11 is 6.07. The van der Waals surface area contributed by atoms with Gasteiger partial charge in [-0.05, 0) is 36.3 Å². The van der Waals surface area contributed by atoms with Crippen LogP contribution in [-0.4, -0.2) is 54.3 Å². The Balaban J connectivity index is 1.46. The fraction of sp³-hybridized carbons (Fsp3) is 0.273. The van der Waals surface area contributed by atoms with Gasteiger partial charge in [-0.15, -0.1) is 0 Å². The lowest BCUT2D eigenvalue weighted by Gasteiger charge is -2.33. The van der Waals surface area contributed by atoms with E-state index in [9.17, 15) is 9.59 Å². The Hall–Kier alpha value is -2.63.